The van der Waals surface area contributed by atoms with Crippen LogP contribution in [-0.4, -0.2) is 10.5 Å². The number of carbonyl (C=O) groups excluding carboxylic acids is 1. The fourth-order valence-electron chi connectivity index (χ4n) is 2.27. The first-order valence-corrected chi connectivity index (χ1v) is 7.26. The molecule has 1 aromatic carbocycles. The first kappa shape index (κ1) is 15.9. The van der Waals surface area contributed by atoms with E-state index in [9.17, 15) is 14.0 Å². The average Bonchev–Trinajstić information content (AvgIpc) is 2.50. The molecule has 1 atom stereocenters. The van der Waals surface area contributed by atoms with Crippen molar-refractivity contribution in [1.82, 2.24) is 4.57 Å². The molecular weight excluding hydrogens is 283 g/mol. The van der Waals surface area contributed by atoms with Crippen LogP contribution in [-0.2, 0) is 11.3 Å². The predicted octanol–water partition coefficient (Wildman–Crippen LogP) is 3.14. The number of aryl methyl sites for hydroxylation is 1. The molecule has 0 saturated heterocycles. The lowest BCUT2D eigenvalue weighted by Crippen LogP contribution is -2.25. The van der Waals surface area contributed by atoms with Crippen molar-refractivity contribution in [1.29, 1.82) is 0 Å². The Morgan fingerprint density at radius 1 is 1.27 bits per heavy atom. The van der Waals surface area contributed by atoms with Crippen LogP contribution in [0.2, 0.25) is 0 Å². The van der Waals surface area contributed by atoms with Gasteiger partial charge in [-0.05, 0) is 42.7 Å². The van der Waals surface area contributed by atoms with E-state index in [2.05, 4.69) is 5.32 Å². The number of amides is 1. The minimum Gasteiger partial charge on any atom is -0.321 e. The van der Waals surface area contributed by atoms with E-state index < -0.39 is 0 Å². The van der Waals surface area contributed by atoms with Gasteiger partial charge in [-0.2, -0.15) is 0 Å². The highest BCUT2D eigenvalue weighted by molar-refractivity contribution is 5.90. The lowest BCUT2D eigenvalue weighted by Gasteiger charge is -2.12. The van der Waals surface area contributed by atoms with Crippen molar-refractivity contribution in [2.45, 2.75) is 32.7 Å². The van der Waals surface area contributed by atoms with Crippen LogP contribution < -0.4 is 10.9 Å². The Bertz CT molecular complexity index is 707. The summed E-state index contributed by atoms with van der Waals surface area (Å²) < 4.78 is 14.4. The molecular formula is C17H19FN2O2. The van der Waals surface area contributed by atoms with Gasteiger partial charge < -0.3 is 9.88 Å². The van der Waals surface area contributed by atoms with Gasteiger partial charge in [0, 0.05) is 19.2 Å². The summed E-state index contributed by atoms with van der Waals surface area (Å²) in [6.07, 6.45) is 1.91. The molecule has 0 spiro atoms. The van der Waals surface area contributed by atoms with Crippen molar-refractivity contribution in [3.05, 3.63) is 64.3 Å². The van der Waals surface area contributed by atoms with E-state index >= 15 is 0 Å². The Morgan fingerprint density at radius 2 is 1.95 bits per heavy atom. The van der Waals surface area contributed by atoms with Gasteiger partial charge >= 0.3 is 0 Å². The number of aromatic nitrogens is 1. The topological polar surface area (TPSA) is 51.1 Å². The fourth-order valence-corrected chi connectivity index (χ4v) is 2.27. The molecule has 0 aliphatic carbocycles. The van der Waals surface area contributed by atoms with Crippen LogP contribution in [0.1, 0.15) is 31.7 Å². The molecule has 1 aromatic heterocycles. The monoisotopic (exact) mass is 302 g/mol. The smallest absolute Gasteiger partial charge is 0.274 e. The summed E-state index contributed by atoms with van der Waals surface area (Å²) >= 11 is 0. The van der Waals surface area contributed by atoms with Crippen LogP contribution in [0.3, 0.4) is 0 Å². The molecule has 1 N–H and O–H groups in total. The zero-order valence-electron chi connectivity index (χ0n) is 12.7. The summed E-state index contributed by atoms with van der Waals surface area (Å²) in [5.74, 6) is -0.592. The number of pyridine rings is 1. The van der Waals surface area contributed by atoms with E-state index in [1.54, 1.807) is 30.5 Å². The standard InChI is InChI=1S/C17H19FN2O2/c1-3-20-10-4-5-15(17(20)22)19-16(21)11-12(2)13-6-8-14(18)9-7-13/h4-10,12H,3,11H2,1-2H3,(H,19,21). The Hall–Kier alpha value is -2.43. The third-order valence-electron chi connectivity index (χ3n) is 3.57. The summed E-state index contributed by atoms with van der Waals surface area (Å²) in [6, 6.07) is 9.40. The number of rotatable bonds is 5. The van der Waals surface area contributed by atoms with Gasteiger partial charge in [-0.15, -0.1) is 0 Å². The first-order valence-electron chi connectivity index (χ1n) is 7.26. The Morgan fingerprint density at radius 3 is 2.59 bits per heavy atom. The molecule has 2 aromatic rings. The zero-order valence-corrected chi connectivity index (χ0v) is 12.7. The third kappa shape index (κ3) is 3.81. The second kappa shape index (κ2) is 7.02. The van der Waals surface area contributed by atoms with Crippen molar-refractivity contribution >= 4 is 11.6 Å². The summed E-state index contributed by atoms with van der Waals surface area (Å²) in [5, 5.41) is 2.65. The van der Waals surface area contributed by atoms with E-state index in [1.165, 1.54) is 16.7 Å². The van der Waals surface area contributed by atoms with Crippen LogP contribution >= 0.6 is 0 Å². The minimum absolute atomic E-state index is 0.0577. The van der Waals surface area contributed by atoms with Gasteiger partial charge in [0.05, 0.1) is 0 Å². The largest absolute Gasteiger partial charge is 0.321 e. The van der Waals surface area contributed by atoms with Crippen molar-refractivity contribution in [3.63, 3.8) is 0 Å². The van der Waals surface area contributed by atoms with E-state index in [-0.39, 0.29) is 35.3 Å². The molecule has 0 fully saturated rings. The lowest BCUT2D eigenvalue weighted by molar-refractivity contribution is -0.116. The molecule has 0 radical (unpaired) electrons. The van der Waals surface area contributed by atoms with Gasteiger partial charge in [-0.25, -0.2) is 4.39 Å². The molecule has 116 valence electrons. The number of halogens is 1. The molecule has 1 amide bonds. The summed E-state index contributed by atoms with van der Waals surface area (Å²) in [6.45, 7) is 4.31. The molecule has 22 heavy (non-hydrogen) atoms. The number of hydrogen-bond acceptors (Lipinski definition) is 2. The number of nitrogens with one attached hydrogen (secondary N) is 1. The summed E-state index contributed by atoms with van der Waals surface area (Å²) in [4.78, 5) is 24.1. The van der Waals surface area contributed by atoms with Crippen LogP contribution in [0.25, 0.3) is 0 Å². The maximum Gasteiger partial charge on any atom is 0.274 e. The summed E-state index contributed by atoms with van der Waals surface area (Å²) in [5.41, 5.74) is 0.948. The van der Waals surface area contributed by atoms with Gasteiger partial charge in [-0.1, -0.05) is 19.1 Å². The maximum absolute atomic E-state index is 12.9. The normalized spacial score (nSPS) is 12.0. The first-order chi connectivity index (χ1) is 10.5. The molecule has 1 unspecified atom stereocenters. The summed E-state index contributed by atoms with van der Waals surface area (Å²) in [7, 11) is 0. The zero-order chi connectivity index (χ0) is 16.1. The lowest BCUT2D eigenvalue weighted by atomic mass is 9.97. The van der Waals surface area contributed by atoms with Gasteiger partial charge in [0.25, 0.3) is 5.56 Å². The molecule has 0 bridgehead atoms. The van der Waals surface area contributed by atoms with E-state index in [1.807, 2.05) is 13.8 Å². The highest BCUT2D eigenvalue weighted by Gasteiger charge is 2.13. The highest BCUT2D eigenvalue weighted by Crippen LogP contribution is 2.19. The molecule has 4 nitrogen and oxygen atoms in total. The van der Waals surface area contributed by atoms with Gasteiger partial charge in [0.15, 0.2) is 0 Å². The van der Waals surface area contributed by atoms with Crippen LogP contribution in [0.15, 0.2) is 47.4 Å². The van der Waals surface area contributed by atoms with Crippen molar-refractivity contribution in [2.24, 2.45) is 0 Å². The van der Waals surface area contributed by atoms with E-state index in [0.29, 0.717) is 6.54 Å². The van der Waals surface area contributed by atoms with Crippen molar-refractivity contribution < 1.29 is 9.18 Å². The highest BCUT2D eigenvalue weighted by atomic mass is 19.1. The van der Waals surface area contributed by atoms with Gasteiger partial charge in [0.2, 0.25) is 5.91 Å². The number of benzene rings is 1. The Balaban J connectivity index is 2.04. The second-order valence-electron chi connectivity index (χ2n) is 5.22. The Kier molecular flexibility index (Phi) is 5.09. The molecule has 2 rings (SSSR count). The predicted molar refractivity (Wildman–Crippen MR) is 84.4 cm³/mol. The number of nitrogens with zero attached hydrogens (tertiary/aromatic N) is 1. The quantitative estimate of drug-likeness (QED) is 0.922. The SMILES string of the molecule is CCn1cccc(NC(=O)CC(C)c2ccc(F)cc2)c1=O. The van der Waals surface area contributed by atoms with Crippen LogP contribution in [0.5, 0.6) is 0 Å². The number of carbonyl (C=O) groups is 1. The van der Waals surface area contributed by atoms with Gasteiger partial charge in [-0.3, -0.25) is 9.59 Å². The number of anilines is 1. The Labute approximate surface area is 128 Å². The molecule has 5 heteroatoms. The van der Waals surface area contributed by atoms with Crippen molar-refractivity contribution in [3.8, 4) is 0 Å². The average molecular weight is 302 g/mol. The van der Waals surface area contributed by atoms with E-state index in [0.717, 1.165) is 5.56 Å². The molecule has 0 aliphatic heterocycles. The minimum atomic E-state index is -0.301. The van der Waals surface area contributed by atoms with Gasteiger partial charge in [0.1, 0.15) is 11.5 Å². The third-order valence-corrected chi connectivity index (χ3v) is 3.57. The molecule has 0 saturated carbocycles. The molecule has 0 aliphatic rings. The van der Waals surface area contributed by atoms with Crippen LogP contribution in [0, 0.1) is 5.82 Å². The van der Waals surface area contributed by atoms with E-state index in [4.69, 9.17) is 0 Å². The maximum atomic E-state index is 12.9. The van der Waals surface area contributed by atoms with Crippen LogP contribution in [0.4, 0.5) is 10.1 Å². The number of hydrogen-bond donors (Lipinski definition) is 1. The second-order valence-corrected chi connectivity index (χ2v) is 5.22. The van der Waals surface area contributed by atoms with Crippen molar-refractivity contribution in [2.75, 3.05) is 5.32 Å². The fraction of sp³-hybridized carbons (Fsp3) is 0.294. The molecule has 1 heterocycles.